The molecular weight excluding hydrogens is 652 g/mol. The highest BCUT2D eigenvalue weighted by atomic mass is 35.5. The fourth-order valence-corrected chi connectivity index (χ4v) is 6.04. The lowest BCUT2D eigenvalue weighted by atomic mass is 10.1. The molecule has 0 aliphatic carbocycles. The van der Waals surface area contributed by atoms with Gasteiger partial charge in [-0.25, -0.2) is 4.98 Å². The number of para-hydroxylation sites is 1. The van der Waals surface area contributed by atoms with Gasteiger partial charge < -0.3 is 30.1 Å². The summed E-state index contributed by atoms with van der Waals surface area (Å²) in [6.45, 7) is 15.0. The van der Waals surface area contributed by atoms with Crippen LogP contribution in [0.15, 0.2) is 66.9 Å². The number of halogens is 1. The monoisotopic (exact) mass is 698 g/mol. The Hall–Kier alpha value is -4.71. The van der Waals surface area contributed by atoms with Gasteiger partial charge in [-0.1, -0.05) is 29.8 Å². The highest BCUT2D eigenvalue weighted by molar-refractivity contribution is 6.32. The Morgan fingerprint density at radius 3 is 2.24 bits per heavy atom. The number of likely N-dealkylation sites (N-methyl/N-ethyl adjacent to an activating group) is 1. The van der Waals surface area contributed by atoms with Gasteiger partial charge in [0.05, 0.1) is 5.02 Å². The molecule has 5 rings (SSSR count). The zero-order valence-electron chi connectivity index (χ0n) is 29.8. The number of carbonyl (C=O) groups excluding carboxylic acids is 2. The third kappa shape index (κ3) is 9.09. The number of amides is 2. The molecular formula is C38H47ClN8O3. The van der Waals surface area contributed by atoms with Gasteiger partial charge in [0.25, 0.3) is 11.8 Å². The van der Waals surface area contributed by atoms with Crippen LogP contribution in [0.1, 0.15) is 45.7 Å². The number of rotatable bonds is 13. The minimum atomic E-state index is -0.431. The van der Waals surface area contributed by atoms with Crippen molar-refractivity contribution in [2.75, 3.05) is 82.0 Å². The molecule has 1 aromatic heterocycles. The van der Waals surface area contributed by atoms with E-state index >= 15 is 0 Å². The topological polar surface area (TPSA) is 106 Å². The van der Waals surface area contributed by atoms with Gasteiger partial charge in [0, 0.05) is 81.2 Å². The van der Waals surface area contributed by atoms with Gasteiger partial charge in [0.1, 0.15) is 11.3 Å². The molecule has 0 radical (unpaired) electrons. The number of carbonyl (C=O) groups is 2. The number of hydrogen-bond donors (Lipinski definition) is 2. The summed E-state index contributed by atoms with van der Waals surface area (Å²) in [6.07, 6.45) is 1.43. The number of nitrogens with one attached hydrogen (secondary N) is 2. The van der Waals surface area contributed by atoms with Gasteiger partial charge in [-0.05, 0) is 95.4 Å². The maximum Gasteiger partial charge on any atom is 0.262 e. The number of hydrogen-bond acceptors (Lipinski definition) is 9. The summed E-state index contributed by atoms with van der Waals surface area (Å²) in [4.78, 5) is 44.5. The number of aryl methyl sites for hydroxylation is 2. The van der Waals surface area contributed by atoms with Crippen LogP contribution < -0.4 is 20.3 Å². The largest absolute Gasteiger partial charge is 0.436 e. The fraction of sp³-hybridized carbons (Fsp3) is 0.368. The first-order valence-corrected chi connectivity index (χ1v) is 17.4. The van der Waals surface area contributed by atoms with Crippen LogP contribution >= 0.6 is 11.6 Å². The van der Waals surface area contributed by atoms with E-state index in [0.717, 1.165) is 61.8 Å². The number of benzene rings is 3. The summed E-state index contributed by atoms with van der Waals surface area (Å²) >= 11 is 6.64. The van der Waals surface area contributed by atoms with E-state index in [2.05, 4.69) is 61.5 Å². The smallest absolute Gasteiger partial charge is 0.262 e. The fourth-order valence-electron chi connectivity index (χ4n) is 5.82. The van der Waals surface area contributed by atoms with Gasteiger partial charge in [-0.3, -0.25) is 14.5 Å². The summed E-state index contributed by atoms with van der Waals surface area (Å²) in [6, 6.07) is 18.8. The predicted molar refractivity (Wildman–Crippen MR) is 202 cm³/mol. The normalized spacial score (nSPS) is 13.3. The lowest BCUT2D eigenvalue weighted by Crippen LogP contribution is -2.48. The second-order valence-corrected chi connectivity index (χ2v) is 13.1. The highest BCUT2D eigenvalue weighted by Gasteiger charge is 2.22. The molecule has 1 fully saturated rings. The van der Waals surface area contributed by atoms with Crippen LogP contribution in [-0.2, 0) is 0 Å². The number of aromatic nitrogens is 2. The molecule has 3 aromatic carbocycles. The highest BCUT2D eigenvalue weighted by Crippen LogP contribution is 2.33. The van der Waals surface area contributed by atoms with E-state index in [1.807, 2.05) is 58.0 Å². The van der Waals surface area contributed by atoms with E-state index in [4.69, 9.17) is 16.3 Å². The summed E-state index contributed by atoms with van der Waals surface area (Å²) in [5.41, 5.74) is 5.06. The van der Waals surface area contributed by atoms with Crippen LogP contribution in [0.4, 0.5) is 23.0 Å². The standard InChI is InChI=1S/C38H47ClN8O3/c1-7-46(8-2)37(49)28-12-17-33(32(39)24-28)50-36-31(35(48)42-34-26(3)10-9-11-27(34)4)25-40-38(43-36)41-29-13-15-30(16-14-29)47-22-20-45(21-23-47)19-18-44(5)6/h9-17,24-25H,7-8,18-23H2,1-6H3,(H,42,48)(H,40,41,43). The van der Waals surface area contributed by atoms with E-state index in [-0.39, 0.29) is 34.1 Å². The first kappa shape index (κ1) is 36.6. The first-order chi connectivity index (χ1) is 24.1. The molecule has 2 N–H and O–H groups in total. The van der Waals surface area contributed by atoms with Crippen LogP contribution in [0.5, 0.6) is 11.6 Å². The van der Waals surface area contributed by atoms with Crippen molar-refractivity contribution < 1.29 is 14.3 Å². The van der Waals surface area contributed by atoms with E-state index in [1.54, 1.807) is 23.1 Å². The van der Waals surface area contributed by atoms with Gasteiger partial charge in [-0.15, -0.1) is 0 Å². The SMILES string of the molecule is CCN(CC)C(=O)c1ccc(Oc2nc(Nc3ccc(N4CCN(CCN(C)C)CC4)cc3)ncc2C(=O)Nc2c(C)cccc2C)c(Cl)c1. The summed E-state index contributed by atoms with van der Waals surface area (Å²) in [7, 11) is 4.21. The van der Waals surface area contributed by atoms with Gasteiger partial charge >= 0.3 is 0 Å². The van der Waals surface area contributed by atoms with Gasteiger partial charge in [0.15, 0.2) is 0 Å². The van der Waals surface area contributed by atoms with E-state index in [9.17, 15) is 9.59 Å². The molecule has 0 bridgehead atoms. The Morgan fingerprint density at radius 1 is 0.940 bits per heavy atom. The summed E-state index contributed by atoms with van der Waals surface area (Å²) in [5.74, 6) is -0.0479. The van der Waals surface area contributed by atoms with E-state index in [0.29, 0.717) is 24.3 Å². The number of ether oxygens (including phenoxy) is 1. The number of nitrogens with zero attached hydrogens (tertiary/aromatic N) is 6. The Morgan fingerprint density at radius 2 is 1.62 bits per heavy atom. The zero-order valence-corrected chi connectivity index (χ0v) is 30.5. The first-order valence-electron chi connectivity index (χ1n) is 17.1. The van der Waals surface area contributed by atoms with Crippen molar-refractivity contribution >= 4 is 46.4 Å². The molecule has 50 heavy (non-hydrogen) atoms. The van der Waals surface area contributed by atoms with Crippen LogP contribution in [0.25, 0.3) is 0 Å². The van der Waals surface area contributed by atoms with Gasteiger partial charge in [-0.2, -0.15) is 4.98 Å². The molecule has 264 valence electrons. The van der Waals surface area contributed by atoms with Crippen LogP contribution in [0.3, 0.4) is 0 Å². The molecule has 2 heterocycles. The molecule has 0 unspecified atom stereocenters. The van der Waals surface area contributed by atoms with Crippen molar-refractivity contribution in [2.45, 2.75) is 27.7 Å². The molecule has 2 amide bonds. The second kappa shape index (κ2) is 16.8. The van der Waals surface area contributed by atoms with Crippen molar-refractivity contribution in [3.63, 3.8) is 0 Å². The average Bonchev–Trinajstić information content (AvgIpc) is 3.11. The molecule has 1 aliphatic heterocycles. The van der Waals surface area contributed by atoms with Crippen molar-refractivity contribution in [3.05, 3.63) is 94.1 Å². The molecule has 0 spiro atoms. The van der Waals surface area contributed by atoms with Crippen molar-refractivity contribution in [2.24, 2.45) is 0 Å². The third-order valence-electron chi connectivity index (χ3n) is 8.88. The zero-order chi connectivity index (χ0) is 35.8. The molecule has 11 nitrogen and oxygen atoms in total. The third-order valence-corrected chi connectivity index (χ3v) is 9.17. The van der Waals surface area contributed by atoms with Crippen molar-refractivity contribution in [3.8, 4) is 11.6 Å². The van der Waals surface area contributed by atoms with E-state index < -0.39 is 5.91 Å². The average molecular weight is 699 g/mol. The lowest BCUT2D eigenvalue weighted by Gasteiger charge is -2.36. The molecule has 0 atom stereocenters. The maximum absolute atomic E-state index is 13.7. The van der Waals surface area contributed by atoms with Crippen LogP contribution in [-0.4, -0.2) is 103 Å². The molecule has 1 saturated heterocycles. The molecule has 12 heteroatoms. The number of piperazine rings is 1. The summed E-state index contributed by atoms with van der Waals surface area (Å²) < 4.78 is 6.20. The molecule has 1 aliphatic rings. The molecule has 4 aromatic rings. The number of anilines is 4. The lowest BCUT2D eigenvalue weighted by molar-refractivity contribution is 0.0772. The Balaban J connectivity index is 1.36. The second-order valence-electron chi connectivity index (χ2n) is 12.7. The van der Waals surface area contributed by atoms with Crippen molar-refractivity contribution in [1.82, 2.24) is 24.7 Å². The van der Waals surface area contributed by atoms with Gasteiger partial charge in [0.2, 0.25) is 11.8 Å². The Bertz CT molecular complexity index is 1770. The minimum absolute atomic E-state index is 0.0136. The van der Waals surface area contributed by atoms with Crippen LogP contribution in [0.2, 0.25) is 5.02 Å². The Labute approximate surface area is 300 Å². The Kier molecular flexibility index (Phi) is 12.3. The molecule has 0 saturated carbocycles. The predicted octanol–water partition coefficient (Wildman–Crippen LogP) is 6.70. The minimum Gasteiger partial charge on any atom is -0.436 e. The quantitative estimate of drug-likeness (QED) is 0.158. The maximum atomic E-state index is 13.7. The van der Waals surface area contributed by atoms with Crippen LogP contribution in [0, 0.1) is 13.8 Å². The van der Waals surface area contributed by atoms with Crippen molar-refractivity contribution in [1.29, 1.82) is 0 Å². The van der Waals surface area contributed by atoms with E-state index in [1.165, 1.54) is 6.20 Å². The summed E-state index contributed by atoms with van der Waals surface area (Å²) in [5, 5.41) is 6.45.